The SMILES string of the molecule is C=C(Br)CNC(=O)[C@@H]1CC[C@H](C(=O)O)C1. The van der Waals surface area contributed by atoms with Gasteiger partial charge in [-0.3, -0.25) is 9.59 Å². The molecular formula is C10H14BrNO3. The summed E-state index contributed by atoms with van der Waals surface area (Å²) in [7, 11) is 0. The first-order valence-corrected chi connectivity index (χ1v) is 5.63. The zero-order valence-electron chi connectivity index (χ0n) is 8.33. The van der Waals surface area contributed by atoms with Gasteiger partial charge >= 0.3 is 5.97 Å². The van der Waals surface area contributed by atoms with Crippen molar-refractivity contribution in [3.05, 3.63) is 11.1 Å². The molecule has 4 nitrogen and oxygen atoms in total. The minimum Gasteiger partial charge on any atom is -0.481 e. The number of carbonyl (C=O) groups is 2. The van der Waals surface area contributed by atoms with Gasteiger partial charge in [-0.2, -0.15) is 0 Å². The number of hydrogen-bond acceptors (Lipinski definition) is 2. The molecule has 0 bridgehead atoms. The van der Waals surface area contributed by atoms with Crippen molar-refractivity contribution in [3.8, 4) is 0 Å². The lowest BCUT2D eigenvalue weighted by molar-refractivity contribution is -0.141. The predicted molar refractivity (Wildman–Crippen MR) is 59.5 cm³/mol. The van der Waals surface area contributed by atoms with Crippen molar-refractivity contribution in [2.45, 2.75) is 19.3 Å². The van der Waals surface area contributed by atoms with Crippen LogP contribution in [0, 0.1) is 11.8 Å². The van der Waals surface area contributed by atoms with Crippen molar-refractivity contribution >= 4 is 27.8 Å². The van der Waals surface area contributed by atoms with Gasteiger partial charge in [0.25, 0.3) is 0 Å². The quantitative estimate of drug-likeness (QED) is 0.818. The predicted octanol–water partition coefficient (Wildman–Crippen LogP) is 1.51. The summed E-state index contributed by atoms with van der Waals surface area (Å²) in [5.74, 6) is -1.37. The third-order valence-electron chi connectivity index (χ3n) is 2.61. The van der Waals surface area contributed by atoms with Crippen molar-refractivity contribution in [1.29, 1.82) is 0 Å². The van der Waals surface area contributed by atoms with E-state index in [1.54, 1.807) is 0 Å². The van der Waals surface area contributed by atoms with Crippen LogP contribution in [0.1, 0.15) is 19.3 Å². The second kappa shape index (κ2) is 5.30. The fraction of sp³-hybridized carbons (Fsp3) is 0.600. The summed E-state index contributed by atoms with van der Waals surface area (Å²) in [6.45, 7) is 4.00. The average molecular weight is 276 g/mol. The number of carboxylic acid groups (broad SMARTS) is 1. The van der Waals surface area contributed by atoms with Gasteiger partial charge in [0.05, 0.1) is 5.92 Å². The normalized spacial score (nSPS) is 24.9. The third kappa shape index (κ3) is 3.66. The zero-order valence-corrected chi connectivity index (χ0v) is 9.92. The van der Waals surface area contributed by atoms with Gasteiger partial charge in [-0.15, -0.1) is 0 Å². The minimum absolute atomic E-state index is 0.0700. The topological polar surface area (TPSA) is 66.4 Å². The lowest BCUT2D eigenvalue weighted by Gasteiger charge is -2.09. The summed E-state index contributed by atoms with van der Waals surface area (Å²) in [5, 5.41) is 11.5. The fourth-order valence-corrected chi connectivity index (χ4v) is 1.91. The van der Waals surface area contributed by atoms with Gasteiger partial charge in [-0.05, 0) is 19.3 Å². The van der Waals surface area contributed by atoms with E-state index in [1.165, 1.54) is 0 Å². The maximum absolute atomic E-state index is 11.6. The van der Waals surface area contributed by atoms with E-state index in [4.69, 9.17) is 5.11 Å². The molecule has 0 spiro atoms. The second-order valence-electron chi connectivity index (χ2n) is 3.78. The van der Waals surface area contributed by atoms with Gasteiger partial charge in [0.15, 0.2) is 0 Å². The molecule has 1 aliphatic carbocycles. The highest BCUT2D eigenvalue weighted by Crippen LogP contribution is 2.31. The highest BCUT2D eigenvalue weighted by atomic mass is 79.9. The van der Waals surface area contributed by atoms with Gasteiger partial charge in [0.2, 0.25) is 5.91 Å². The van der Waals surface area contributed by atoms with Gasteiger partial charge in [0, 0.05) is 16.9 Å². The van der Waals surface area contributed by atoms with Crippen LogP contribution in [0.25, 0.3) is 0 Å². The summed E-state index contributed by atoms with van der Waals surface area (Å²) in [6.07, 6.45) is 1.72. The van der Waals surface area contributed by atoms with Crippen LogP contribution in [-0.2, 0) is 9.59 Å². The Bertz CT molecular complexity index is 290. The molecule has 15 heavy (non-hydrogen) atoms. The molecule has 1 aliphatic rings. The molecule has 2 N–H and O–H groups in total. The van der Waals surface area contributed by atoms with Crippen LogP contribution >= 0.6 is 15.9 Å². The number of nitrogens with one attached hydrogen (secondary N) is 1. The van der Waals surface area contributed by atoms with E-state index >= 15 is 0 Å². The van der Waals surface area contributed by atoms with Crippen LogP contribution in [0.3, 0.4) is 0 Å². The zero-order chi connectivity index (χ0) is 11.4. The van der Waals surface area contributed by atoms with Crippen molar-refractivity contribution in [3.63, 3.8) is 0 Å². The standard InChI is InChI=1S/C10H14BrNO3/c1-6(11)5-12-9(13)7-2-3-8(4-7)10(14)15/h7-8H,1-5H2,(H,12,13)(H,14,15)/t7-,8+/m1/s1. The first-order valence-electron chi connectivity index (χ1n) is 4.84. The Morgan fingerprint density at radius 3 is 2.47 bits per heavy atom. The highest BCUT2D eigenvalue weighted by Gasteiger charge is 2.33. The molecule has 0 aromatic carbocycles. The summed E-state index contributed by atoms with van der Waals surface area (Å²) >= 11 is 3.14. The molecule has 0 radical (unpaired) electrons. The van der Waals surface area contributed by atoms with Gasteiger partial charge in [-0.25, -0.2) is 0 Å². The molecule has 0 aromatic rings. The van der Waals surface area contributed by atoms with E-state index in [0.717, 1.165) is 0 Å². The largest absolute Gasteiger partial charge is 0.481 e. The highest BCUT2D eigenvalue weighted by molar-refractivity contribution is 9.11. The lowest BCUT2D eigenvalue weighted by Crippen LogP contribution is -2.30. The molecule has 5 heteroatoms. The average Bonchev–Trinajstić information content (AvgIpc) is 2.62. The summed E-state index contributed by atoms with van der Waals surface area (Å²) in [4.78, 5) is 22.2. The number of hydrogen-bond donors (Lipinski definition) is 2. The molecule has 1 fully saturated rings. The van der Waals surface area contributed by atoms with E-state index in [2.05, 4.69) is 27.8 Å². The van der Waals surface area contributed by atoms with Crippen LogP contribution in [0.15, 0.2) is 11.1 Å². The lowest BCUT2D eigenvalue weighted by atomic mass is 10.0. The van der Waals surface area contributed by atoms with Crippen LogP contribution in [0.2, 0.25) is 0 Å². The summed E-state index contributed by atoms with van der Waals surface area (Å²) in [6, 6.07) is 0. The molecule has 84 valence electrons. The van der Waals surface area contributed by atoms with E-state index in [1.807, 2.05) is 0 Å². The van der Waals surface area contributed by atoms with E-state index in [-0.39, 0.29) is 17.7 Å². The Hall–Kier alpha value is -0.840. The Kier molecular flexibility index (Phi) is 4.32. The van der Waals surface area contributed by atoms with Crippen molar-refractivity contribution in [2.75, 3.05) is 6.54 Å². The first kappa shape index (κ1) is 12.2. The second-order valence-corrected chi connectivity index (χ2v) is 4.90. The maximum Gasteiger partial charge on any atom is 0.306 e. The van der Waals surface area contributed by atoms with E-state index in [0.29, 0.717) is 30.3 Å². The molecule has 0 saturated heterocycles. The van der Waals surface area contributed by atoms with Gasteiger partial charge < -0.3 is 10.4 Å². The third-order valence-corrected chi connectivity index (χ3v) is 2.89. The molecule has 1 rings (SSSR count). The first-order chi connectivity index (χ1) is 7.00. The smallest absolute Gasteiger partial charge is 0.306 e. The molecule has 0 heterocycles. The monoisotopic (exact) mass is 275 g/mol. The molecular weight excluding hydrogens is 262 g/mol. The minimum atomic E-state index is -0.796. The molecule has 0 aliphatic heterocycles. The Morgan fingerprint density at radius 2 is 2.00 bits per heavy atom. The summed E-state index contributed by atoms with van der Waals surface area (Å²) in [5.41, 5.74) is 0. The Morgan fingerprint density at radius 1 is 1.40 bits per heavy atom. The van der Waals surface area contributed by atoms with E-state index in [9.17, 15) is 9.59 Å². The molecule has 0 unspecified atom stereocenters. The van der Waals surface area contributed by atoms with Crippen molar-refractivity contribution < 1.29 is 14.7 Å². The van der Waals surface area contributed by atoms with E-state index < -0.39 is 5.97 Å². The molecule has 2 atom stereocenters. The van der Waals surface area contributed by atoms with Crippen LogP contribution in [-0.4, -0.2) is 23.5 Å². The number of carbonyl (C=O) groups excluding carboxylic acids is 1. The molecule has 1 amide bonds. The Labute approximate surface area is 96.9 Å². The summed E-state index contributed by atoms with van der Waals surface area (Å²) < 4.78 is 0.712. The van der Waals surface area contributed by atoms with Crippen LogP contribution < -0.4 is 5.32 Å². The fourth-order valence-electron chi connectivity index (χ4n) is 1.77. The number of halogens is 1. The van der Waals surface area contributed by atoms with Crippen molar-refractivity contribution in [2.24, 2.45) is 11.8 Å². The number of carboxylic acids is 1. The van der Waals surface area contributed by atoms with Crippen molar-refractivity contribution in [1.82, 2.24) is 5.32 Å². The Balaban J connectivity index is 2.36. The van der Waals surface area contributed by atoms with Gasteiger partial charge in [0.1, 0.15) is 0 Å². The molecule has 1 saturated carbocycles. The number of amides is 1. The maximum atomic E-state index is 11.6. The molecule has 0 aromatic heterocycles. The van der Waals surface area contributed by atoms with Crippen LogP contribution in [0.5, 0.6) is 0 Å². The number of rotatable bonds is 4. The van der Waals surface area contributed by atoms with Gasteiger partial charge in [-0.1, -0.05) is 22.5 Å². The van der Waals surface area contributed by atoms with Crippen LogP contribution in [0.4, 0.5) is 0 Å². The number of aliphatic carboxylic acids is 1.